The van der Waals surface area contributed by atoms with Crippen molar-refractivity contribution in [3.8, 4) is 0 Å². The van der Waals surface area contributed by atoms with E-state index in [1.807, 2.05) is 32.0 Å². The van der Waals surface area contributed by atoms with E-state index in [-0.39, 0.29) is 18.4 Å². The Labute approximate surface area is 144 Å². The lowest BCUT2D eigenvalue weighted by Crippen LogP contribution is -2.33. The third-order valence-corrected chi connectivity index (χ3v) is 4.08. The first-order chi connectivity index (χ1) is 10.9. The summed E-state index contributed by atoms with van der Waals surface area (Å²) in [5.41, 5.74) is 3.05. The molecule has 0 atom stereocenters. The van der Waals surface area contributed by atoms with E-state index in [4.69, 9.17) is 23.2 Å². The van der Waals surface area contributed by atoms with Crippen LogP contribution in [0.2, 0.25) is 10.0 Å². The summed E-state index contributed by atoms with van der Waals surface area (Å²) in [6.45, 7) is 3.70. The molecule has 0 fully saturated rings. The highest BCUT2D eigenvalue weighted by atomic mass is 35.5. The van der Waals surface area contributed by atoms with Crippen LogP contribution in [-0.2, 0) is 4.79 Å². The maximum absolute atomic E-state index is 12.0. The van der Waals surface area contributed by atoms with Gasteiger partial charge in [-0.15, -0.1) is 0 Å². The molecule has 0 heterocycles. The molecule has 4 nitrogen and oxygen atoms in total. The van der Waals surface area contributed by atoms with Crippen molar-refractivity contribution >= 4 is 40.7 Å². The first-order valence-corrected chi connectivity index (χ1v) is 7.73. The van der Waals surface area contributed by atoms with Crippen molar-refractivity contribution in [2.75, 3.05) is 11.9 Å². The summed E-state index contributed by atoms with van der Waals surface area (Å²) in [6.07, 6.45) is 0. The largest absolute Gasteiger partial charge is 0.343 e. The second-order valence-corrected chi connectivity index (χ2v) is 5.94. The van der Waals surface area contributed by atoms with Gasteiger partial charge in [-0.2, -0.15) is 0 Å². The van der Waals surface area contributed by atoms with Gasteiger partial charge in [-0.25, -0.2) is 0 Å². The third-order valence-electron chi connectivity index (χ3n) is 3.34. The number of anilines is 1. The van der Waals surface area contributed by atoms with Gasteiger partial charge in [0.1, 0.15) is 0 Å². The van der Waals surface area contributed by atoms with Crippen LogP contribution < -0.4 is 10.6 Å². The Kier molecular flexibility index (Phi) is 5.64. The van der Waals surface area contributed by atoms with Crippen LogP contribution in [-0.4, -0.2) is 18.4 Å². The van der Waals surface area contributed by atoms with Gasteiger partial charge in [0.2, 0.25) is 5.91 Å². The second kappa shape index (κ2) is 7.49. The topological polar surface area (TPSA) is 58.2 Å². The molecule has 2 rings (SSSR count). The molecule has 0 spiro atoms. The minimum absolute atomic E-state index is 0.132. The van der Waals surface area contributed by atoms with Gasteiger partial charge in [-0.1, -0.05) is 41.4 Å². The molecule has 0 aliphatic heterocycles. The van der Waals surface area contributed by atoms with Crippen LogP contribution in [0.5, 0.6) is 0 Å². The number of carbonyl (C=O) groups excluding carboxylic acids is 2. The van der Waals surface area contributed by atoms with Crippen molar-refractivity contribution in [3.05, 3.63) is 63.1 Å². The fourth-order valence-electron chi connectivity index (χ4n) is 2.10. The zero-order chi connectivity index (χ0) is 17.0. The number of nitrogens with one attached hydrogen (secondary N) is 2. The Balaban J connectivity index is 1.96. The fraction of sp³-hybridized carbons (Fsp3) is 0.176. The first kappa shape index (κ1) is 17.3. The van der Waals surface area contributed by atoms with Crippen LogP contribution in [0, 0.1) is 13.8 Å². The number of hydrogen-bond acceptors (Lipinski definition) is 2. The zero-order valence-corrected chi connectivity index (χ0v) is 14.3. The summed E-state index contributed by atoms with van der Waals surface area (Å²) in [5, 5.41) is 6.02. The molecule has 2 amide bonds. The van der Waals surface area contributed by atoms with Crippen LogP contribution in [0.15, 0.2) is 36.4 Å². The molecule has 2 aromatic carbocycles. The van der Waals surface area contributed by atoms with Crippen LogP contribution in [0.3, 0.4) is 0 Å². The summed E-state index contributed by atoms with van der Waals surface area (Å²) < 4.78 is 0. The normalized spacial score (nSPS) is 10.3. The summed E-state index contributed by atoms with van der Waals surface area (Å²) >= 11 is 11.7. The number of benzene rings is 2. The highest BCUT2D eigenvalue weighted by molar-refractivity contribution is 6.42. The maximum atomic E-state index is 12.0. The van der Waals surface area contributed by atoms with Crippen molar-refractivity contribution in [1.29, 1.82) is 0 Å². The lowest BCUT2D eigenvalue weighted by molar-refractivity contribution is -0.115. The van der Waals surface area contributed by atoms with Gasteiger partial charge in [0, 0.05) is 11.3 Å². The number of hydrogen-bond donors (Lipinski definition) is 2. The highest BCUT2D eigenvalue weighted by Gasteiger charge is 2.11. The fourth-order valence-corrected chi connectivity index (χ4v) is 2.39. The minimum atomic E-state index is -0.389. The van der Waals surface area contributed by atoms with E-state index in [2.05, 4.69) is 10.6 Å². The predicted molar refractivity (Wildman–Crippen MR) is 93.3 cm³/mol. The van der Waals surface area contributed by atoms with E-state index >= 15 is 0 Å². The molecule has 0 saturated heterocycles. The zero-order valence-electron chi connectivity index (χ0n) is 12.7. The molecular formula is C17H16Cl2N2O2. The molecule has 0 saturated carbocycles. The Hall–Kier alpha value is -2.04. The van der Waals surface area contributed by atoms with Gasteiger partial charge in [0.05, 0.1) is 16.6 Å². The Morgan fingerprint density at radius 3 is 2.26 bits per heavy atom. The summed E-state index contributed by atoms with van der Waals surface area (Å²) in [7, 11) is 0. The van der Waals surface area contributed by atoms with E-state index in [1.165, 1.54) is 12.1 Å². The van der Waals surface area contributed by atoms with E-state index in [0.29, 0.717) is 15.6 Å². The van der Waals surface area contributed by atoms with Gasteiger partial charge < -0.3 is 10.6 Å². The molecule has 2 N–H and O–H groups in total. The molecule has 0 aliphatic rings. The number of carbonyl (C=O) groups is 2. The SMILES string of the molecule is Cc1cccc(C)c1NC(=O)CNC(=O)c1ccc(Cl)c(Cl)c1. The van der Waals surface area contributed by atoms with Crippen molar-refractivity contribution in [1.82, 2.24) is 5.32 Å². The summed E-state index contributed by atoms with van der Waals surface area (Å²) in [6, 6.07) is 10.3. The van der Waals surface area contributed by atoms with Gasteiger partial charge in [-0.05, 0) is 43.2 Å². The average Bonchev–Trinajstić information content (AvgIpc) is 2.51. The molecule has 0 aromatic heterocycles. The summed E-state index contributed by atoms with van der Waals surface area (Å²) in [4.78, 5) is 24.0. The van der Waals surface area contributed by atoms with Gasteiger partial charge in [0.25, 0.3) is 5.91 Å². The summed E-state index contributed by atoms with van der Waals surface area (Å²) in [5.74, 6) is -0.684. The van der Waals surface area contributed by atoms with Crippen molar-refractivity contribution in [3.63, 3.8) is 0 Å². The Bertz CT molecular complexity index is 740. The molecule has 0 radical (unpaired) electrons. The maximum Gasteiger partial charge on any atom is 0.251 e. The lowest BCUT2D eigenvalue weighted by Gasteiger charge is -2.12. The highest BCUT2D eigenvalue weighted by Crippen LogP contribution is 2.22. The van der Waals surface area contributed by atoms with Crippen LogP contribution in [0.1, 0.15) is 21.5 Å². The molecular weight excluding hydrogens is 335 g/mol. The average molecular weight is 351 g/mol. The molecule has 0 unspecified atom stereocenters. The quantitative estimate of drug-likeness (QED) is 0.875. The van der Waals surface area contributed by atoms with Gasteiger partial charge >= 0.3 is 0 Å². The first-order valence-electron chi connectivity index (χ1n) is 6.98. The van der Waals surface area contributed by atoms with Crippen LogP contribution in [0.25, 0.3) is 0 Å². The molecule has 0 aliphatic carbocycles. The number of aryl methyl sites for hydroxylation is 2. The smallest absolute Gasteiger partial charge is 0.251 e. The molecule has 0 bridgehead atoms. The van der Waals surface area contributed by atoms with E-state index < -0.39 is 0 Å². The number of para-hydroxylation sites is 1. The molecule has 2 aromatic rings. The van der Waals surface area contributed by atoms with Crippen LogP contribution in [0.4, 0.5) is 5.69 Å². The van der Waals surface area contributed by atoms with E-state index in [1.54, 1.807) is 6.07 Å². The molecule has 120 valence electrons. The van der Waals surface area contributed by atoms with Crippen molar-refractivity contribution < 1.29 is 9.59 Å². The predicted octanol–water partition coefficient (Wildman–Crippen LogP) is 3.98. The number of halogens is 2. The van der Waals surface area contributed by atoms with Gasteiger partial charge in [-0.3, -0.25) is 9.59 Å². The third kappa shape index (κ3) is 4.47. The molecule has 23 heavy (non-hydrogen) atoms. The van der Waals surface area contributed by atoms with E-state index in [9.17, 15) is 9.59 Å². The van der Waals surface area contributed by atoms with Crippen molar-refractivity contribution in [2.24, 2.45) is 0 Å². The van der Waals surface area contributed by atoms with Gasteiger partial charge in [0.15, 0.2) is 0 Å². The van der Waals surface area contributed by atoms with E-state index in [0.717, 1.165) is 16.8 Å². The second-order valence-electron chi connectivity index (χ2n) is 5.13. The lowest BCUT2D eigenvalue weighted by atomic mass is 10.1. The number of rotatable bonds is 4. The monoisotopic (exact) mass is 350 g/mol. The Morgan fingerprint density at radius 2 is 1.65 bits per heavy atom. The molecule has 6 heteroatoms. The number of amides is 2. The Morgan fingerprint density at radius 1 is 1.00 bits per heavy atom. The van der Waals surface area contributed by atoms with Crippen molar-refractivity contribution in [2.45, 2.75) is 13.8 Å². The van der Waals surface area contributed by atoms with Crippen LogP contribution >= 0.6 is 23.2 Å². The minimum Gasteiger partial charge on any atom is -0.343 e. The standard InChI is InChI=1S/C17H16Cl2N2O2/c1-10-4-3-5-11(2)16(10)21-15(22)9-20-17(23)12-6-7-13(18)14(19)8-12/h3-8H,9H2,1-2H3,(H,20,23)(H,21,22).